The van der Waals surface area contributed by atoms with E-state index in [1.54, 1.807) is 14.2 Å². The molecule has 8 nitrogen and oxygen atoms in total. The zero-order valence-corrected chi connectivity index (χ0v) is 18.4. The molecule has 0 radical (unpaired) electrons. The summed E-state index contributed by atoms with van der Waals surface area (Å²) in [5.74, 6) is 2.86. The molecule has 8 heteroatoms. The van der Waals surface area contributed by atoms with Crippen LogP contribution in [0.15, 0.2) is 71.1 Å². The van der Waals surface area contributed by atoms with Gasteiger partial charge in [-0.2, -0.15) is 0 Å². The molecule has 33 heavy (non-hydrogen) atoms. The van der Waals surface area contributed by atoms with Crippen LogP contribution in [0.1, 0.15) is 5.56 Å². The summed E-state index contributed by atoms with van der Waals surface area (Å²) in [7, 11) is 3.20. The zero-order valence-electron chi connectivity index (χ0n) is 18.4. The van der Waals surface area contributed by atoms with Crippen LogP contribution in [0.4, 0.5) is 11.5 Å². The third-order valence-corrected chi connectivity index (χ3v) is 5.13. The Balaban J connectivity index is 1.56. The number of fused-ring (bicyclic) bond motifs is 1. The second-order valence-corrected chi connectivity index (χ2v) is 7.39. The van der Waals surface area contributed by atoms with Gasteiger partial charge < -0.3 is 19.2 Å². The van der Waals surface area contributed by atoms with Crippen LogP contribution in [0, 0.1) is 6.92 Å². The summed E-state index contributed by atoms with van der Waals surface area (Å²) in [4.78, 5) is 9.34. The van der Waals surface area contributed by atoms with Gasteiger partial charge in [-0.05, 0) is 43.3 Å². The summed E-state index contributed by atoms with van der Waals surface area (Å²) in [5.41, 5.74) is 3.49. The van der Waals surface area contributed by atoms with E-state index in [0.29, 0.717) is 29.0 Å². The van der Waals surface area contributed by atoms with Crippen LogP contribution in [0.5, 0.6) is 11.5 Å². The van der Waals surface area contributed by atoms with Crippen molar-refractivity contribution in [1.82, 2.24) is 20.2 Å². The predicted molar refractivity (Wildman–Crippen MR) is 126 cm³/mol. The quantitative estimate of drug-likeness (QED) is 0.375. The van der Waals surface area contributed by atoms with Gasteiger partial charge >= 0.3 is 0 Å². The molecule has 2 heterocycles. The third kappa shape index (κ3) is 4.06. The highest BCUT2D eigenvalue weighted by Gasteiger charge is 2.17. The second-order valence-electron chi connectivity index (χ2n) is 7.39. The zero-order chi connectivity index (χ0) is 22.8. The van der Waals surface area contributed by atoms with Gasteiger partial charge in [0, 0.05) is 22.7 Å². The lowest BCUT2D eigenvalue weighted by Gasteiger charge is -2.12. The van der Waals surface area contributed by atoms with Gasteiger partial charge in [0.15, 0.2) is 11.5 Å². The largest absolute Gasteiger partial charge is 0.493 e. The van der Waals surface area contributed by atoms with E-state index in [9.17, 15) is 0 Å². The second kappa shape index (κ2) is 8.58. The van der Waals surface area contributed by atoms with Crippen molar-refractivity contribution >= 4 is 22.4 Å². The van der Waals surface area contributed by atoms with Crippen molar-refractivity contribution in [3.05, 3.63) is 72.3 Å². The maximum Gasteiger partial charge on any atom is 0.286 e. The van der Waals surface area contributed by atoms with Crippen molar-refractivity contribution in [2.75, 3.05) is 19.5 Å². The average Bonchev–Trinajstić information content (AvgIpc) is 3.34. The number of hydrogen-bond acceptors (Lipinski definition) is 8. The number of nitrogens with zero attached hydrogens (tertiary/aromatic N) is 4. The SMILES string of the molecule is COc1ccc(Nc2nc(-c3nnc(-c4cccc(C)c4)o3)nc3ccccc23)cc1OC. The molecule has 3 aromatic carbocycles. The van der Waals surface area contributed by atoms with Gasteiger partial charge in [0.2, 0.25) is 11.7 Å². The fourth-order valence-corrected chi connectivity index (χ4v) is 3.53. The highest BCUT2D eigenvalue weighted by atomic mass is 16.5. The molecule has 2 aromatic heterocycles. The first-order chi connectivity index (χ1) is 16.1. The Morgan fingerprint density at radius 3 is 2.42 bits per heavy atom. The molecule has 0 amide bonds. The number of benzene rings is 3. The lowest BCUT2D eigenvalue weighted by atomic mass is 10.1. The molecule has 164 valence electrons. The summed E-state index contributed by atoms with van der Waals surface area (Å²) in [5, 5.41) is 12.6. The molecule has 0 spiro atoms. The van der Waals surface area contributed by atoms with Crippen LogP contribution >= 0.6 is 0 Å². The maximum absolute atomic E-state index is 5.92. The van der Waals surface area contributed by atoms with E-state index in [1.807, 2.05) is 73.7 Å². The van der Waals surface area contributed by atoms with Crippen LogP contribution in [0.2, 0.25) is 0 Å². The molecule has 0 aliphatic heterocycles. The monoisotopic (exact) mass is 439 g/mol. The fourth-order valence-electron chi connectivity index (χ4n) is 3.53. The Hall–Kier alpha value is -4.46. The first kappa shape index (κ1) is 20.4. The highest BCUT2D eigenvalue weighted by molar-refractivity contribution is 5.92. The van der Waals surface area contributed by atoms with Crippen molar-refractivity contribution in [1.29, 1.82) is 0 Å². The Bertz CT molecular complexity index is 1450. The number of aryl methyl sites for hydroxylation is 1. The molecule has 0 unspecified atom stereocenters. The first-order valence-electron chi connectivity index (χ1n) is 10.3. The summed E-state index contributed by atoms with van der Waals surface area (Å²) >= 11 is 0. The number of hydrogen-bond donors (Lipinski definition) is 1. The van der Waals surface area contributed by atoms with E-state index in [-0.39, 0.29) is 5.89 Å². The molecule has 0 aliphatic carbocycles. The van der Waals surface area contributed by atoms with Crippen LogP contribution in [0.25, 0.3) is 34.1 Å². The Morgan fingerprint density at radius 2 is 1.61 bits per heavy atom. The Labute approximate surface area is 190 Å². The maximum atomic E-state index is 5.92. The smallest absolute Gasteiger partial charge is 0.286 e. The molecule has 0 bridgehead atoms. The van der Waals surface area contributed by atoms with Gasteiger partial charge in [0.05, 0.1) is 19.7 Å². The summed E-state index contributed by atoms with van der Waals surface area (Å²) in [6, 6.07) is 21.2. The topological polar surface area (TPSA) is 95.2 Å². The predicted octanol–water partition coefficient (Wildman–Crippen LogP) is 5.42. The molecule has 0 saturated heterocycles. The number of rotatable bonds is 6. The molecule has 0 atom stereocenters. The van der Waals surface area contributed by atoms with Crippen molar-refractivity contribution in [2.24, 2.45) is 0 Å². The molecule has 0 aliphatic rings. The van der Waals surface area contributed by atoms with Crippen molar-refractivity contribution in [2.45, 2.75) is 6.92 Å². The minimum atomic E-state index is 0.243. The molecular formula is C25H21N5O3. The van der Waals surface area contributed by atoms with Crippen LogP contribution in [0.3, 0.4) is 0 Å². The molecule has 1 N–H and O–H groups in total. The van der Waals surface area contributed by atoms with E-state index < -0.39 is 0 Å². The number of methoxy groups -OCH3 is 2. The van der Waals surface area contributed by atoms with Gasteiger partial charge in [0.1, 0.15) is 5.82 Å². The van der Waals surface area contributed by atoms with Crippen LogP contribution in [-0.4, -0.2) is 34.4 Å². The van der Waals surface area contributed by atoms with Crippen LogP contribution in [-0.2, 0) is 0 Å². The standard InChI is InChI=1S/C25H21N5O3/c1-15-7-6-8-16(13-15)24-29-30-25(33-24)23-27-19-10-5-4-9-18(19)22(28-23)26-17-11-12-20(31-2)21(14-17)32-3/h4-14H,1-3H3,(H,26,27,28). The number of para-hydroxylation sites is 1. The number of nitrogens with one attached hydrogen (secondary N) is 1. The molecule has 5 rings (SSSR count). The van der Waals surface area contributed by atoms with Gasteiger partial charge in [-0.25, -0.2) is 9.97 Å². The molecule has 5 aromatic rings. The number of ether oxygens (including phenoxy) is 2. The highest BCUT2D eigenvalue weighted by Crippen LogP contribution is 2.33. The molecule has 0 fully saturated rings. The van der Waals surface area contributed by atoms with Gasteiger partial charge in [-0.1, -0.05) is 29.8 Å². The summed E-state index contributed by atoms with van der Waals surface area (Å²) in [6.07, 6.45) is 0. The average molecular weight is 439 g/mol. The van der Waals surface area contributed by atoms with Crippen molar-refractivity contribution < 1.29 is 13.9 Å². The number of aromatic nitrogens is 4. The first-order valence-corrected chi connectivity index (χ1v) is 10.3. The van der Waals surface area contributed by atoms with Crippen molar-refractivity contribution in [3.63, 3.8) is 0 Å². The minimum Gasteiger partial charge on any atom is -0.493 e. The van der Waals surface area contributed by atoms with E-state index in [4.69, 9.17) is 18.9 Å². The van der Waals surface area contributed by atoms with Crippen LogP contribution < -0.4 is 14.8 Å². The lowest BCUT2D eigenvalue weighted by molar-refractivity contribution is 0.355. The van der Waals surface area contributed by atoms with Gasteiger partial charge in [0.25, 0.3) is 5.89 Å². The van der Waals surface area contributed by atoms with E-state index in [1.165, 1.54) is 0 Å². The van der Waals surface area contributed by atoms with E-state index >= 15 is 0 Å². The lowest BCUT2D eigenvalue weighted by Crippen LogP contribution is -2.00. The van der Waals surface area contributed by atoms with E-state index in [2.05, 4.69) is 20.5 Å². The Morgan fingerprint density at radius 1 is 0.788 bits per heavy atom. The molecular weight excluding hydrogens is 418 g/mol. The number of anilines is 2. The fraction of sp³-hybridized carbons (Fsp3) is 0.120. The molecule has 0 saturated carbocycles. The Kier molecular flexibility index (Phi) is 5.32. The van der Waals surface area contributed by atoms with Gasteiger partial charge in [-0.15, -0.1) is 10.2 Å². The van der Waals surface area contributed by atoms with Gasteiger partial charge in [-0.3, -0.25) is 0 Å². The minimum absolute atomic E-state index is 0.243. The normalized spacial score (nSPS) is 10.9. The van der Waals surface area contributed by atoms with E-state index in [0.717, 1.165) is 27.7 Å². The summed E-state index contributed by atoms with van der Waals surface area (Å²) < 4.78 is 16.7. The summed E-state index contributed by atoms with van der Waals surface area (Å²) in [6.45, 7) is 2.01. The van der Waals surface area contributed by atoms with Crippen molar-refractivity contribution in [3.8, 4) is 34.7 Å². The third-order valence-electron chi connectivity index (χ3n) is 5.13.